The van der Waals surface area contributed by atoms with Crippen LogP contribution in [0.5, 0.6) is 5.75 Å². The van der Waals surface area contributed by atoms with Gasteiger partial charge in [0.25, 0.3) is 0 Å². The first-order valence-electron chi connectivity index (χ1n) is 5.35. The molecule has 2 rings (SSSR count). The first kappa shape index (κ1) is 13.8. The summed E-state index contributed by atoms with van der Waals surface area (Å²) in [6, 6.07) is 9.40. The normalized spacial score (nSPS) is 11.3. The van der Waals surface area contributed by atoms with Gasteiger partial charge in [0.15, 0.2) is 0 Å². The Balaban J connectivity index is 2.41. The molecule has 0 aliphatic heterocycles. The Hall–Kier alpha value is -1.59. The second kappa shape index (κ2) is 5.19. The molecule has 0 aromatic heterocycles. The van der Waals surface area contributed by atoms with Crippen molar-refractivity contribution in [2.24, 2.45) is 0 Å². The molecule has 0 aliphatic rings. The van der Waals surface area contributed by atoms with Gasteiger partial charge in [-0.15, -0.1) is 0 Å². The Morgan fingerprint density at radius 2 is 1.84 bits per heavy atom. The Labute approximate surface area is 115 Å². The molecule has 100 valence electrons. The minimum Gasteiger partial charge on any atom is -0.379 e. The van der Waals surface area contributed by atoms with Gasteiger partial charge in [-0.1, -0.05) is 23.7 Å². The third-order valence-electron chi connectivity index (χ3n) is 2.49. The lowest BCUT2D eigenvalue weighted by molar-refractivity contribution is 0.482. The van der Waals surface area contributed by atoms with Crippen molar-refractivity contribution in [3.63, 3.8) is 0 Å². The molecule has 0 unspecified atom stereocenters. The molecular weight excluding hydrogens is 291 g/mol. The minimum atomic E-state index is -4.03. The average molecular weight is 301 g/mol. The standard InChI is InChI=1S/C13H10ClFO3S/c1-9-12(14)6-3-7-13(9)19(16,17)18-11-5-2-4-10(15)8-11/h2-8H,1H3. The molecule has 0 heterocycles. The van der Waals surface area contributed by atoms with Gasteiger partial charge in [0.1, 0.15) is 16.5 Å². The number of benzene rings is 2. The molecule has 0 bridgehead atoms. The van der Waals surface area contributed by atoms with E-state index in [2.05, 4.69) is 0 Å². The zero-order chi connectivity index (χ0) is 14.0. The largest absolute Gasteiger partial charge is 0.379 e. The van der Waals surface area contributed by atoms with Crippen molar-refractivity contribution in [3.05, 3.63) is 58.9 Å². The van der Waals surface area contributed by atoms with E-state index in [1.165, 1.54) is 30.3 Å². The van der Waals surface area contributed by atoms with Gasteiger partial charge < -0.3 is 4.18 Å². The fraction of sp³-hybridized carbons (Fsp3) is 0.0769. The van der Waals surface area contributed by atoms with Crippen LogP contribution in [0.3, 0.4) is 0 Å². The molecular formula is C13H10ClFO3S. The summed E-state index contributed by atoms with van der Waals surface area (Å²) in [4.78, 5) is -0.0377. The van der Waals surface area contributed by atoms with Gasteiger partial charge in [-0.3, -0.25) is 0 Å². The molecule has 0 saturated heterocycles. The highest BCUT2D eigenvalue weighted by Gasteiger charge is 2.20. The van der Waals surface area contributed by atoms with Crippen molar-refractivity contribution in [1.82, 2.24) is 0 Å². The van der Waals surface area contributed by atoms with Gasteiger partial charge >= 0.3 is 10.1 Å². The summed E-state index contributed by atoms with van der Waals surface area (Å²) in [6.45, 7) is 1.57. The molecule has 0 saturated carbocycles. The highest BCUT2D eigenvalue weighted by Crippen LogP contribution is 2.25. The van der Waals surface area contributed by atoms with Crippen LogP contribution in [0.25, 0.3) is 0 Å². The van der Waals surface area contributed by atoms with Crippen molar-refractivity contribution in [3.8, 4) is 5.75 Å². The lowest BCUT2D eigenvalue weighted by Crippen LogP contribution is -2.11. The van der Waals surface area contributed by atoms with Crippen LogP contribution in [0.1, 0.15) is 5.56 Å². The van der Waals surface area contributed by atoms with E-state index in [0.717, 1.165) is 6.07 Å². The lowest BCUT2D eigenvalue weighted by Gasteiger charge is -2.10. The van der Waals surface area contributed by atoms with Crippen LogP contribution in [0.2, 0.25) is 5.02 Å². The fourth-order valence-corrected chi connectivity index (χ4v) is 2.96. The number of halogens is 2. The first-order chi connectivity index (χ1) is 8.90. The monoisotopic (exact) mass is 300 g/mol. The van der Waals surface area contributed by atoms with Gasteiger partial charge in [0, 0.05) is 11.1 Å². The van der Waals surface area contributed by atoms with Crippen molar-refractivity contribution in [2.75, 3.05) is 0 Å². The molecule has 0 fully saturated rings. The number of hydrogen-bond acceptors (Lipinski definition) is 3. The Kier molecular flexibility index (Phi) is 3.78. The molecule has 2 aromatic rings. The predicted octanol–water partition coefficient (Wildman–Crippen LogP) is 3.56. The fourth-order valence-electron chi connectivity index (χ4n) is 1.55. The van der Waals surface area contributed by atoms with Crippen molar-refractivity contribution >= 4 is 21.7 Å². The first-order valence-corrected chi connectivity index (χ1v) is 7.14. The second-order valence-electron chi connectivity index (χ2n) is 3.86. The van der Waals surface area contributed by atoms with E-state index in [9.17, 15) is 12.8 Å². The zero-order valence-corrected chi connectivity index (χ0v) is 11.5. The summed E-state index contributed by atoms with van der Waals surface area (Å²) in [5.74, 6) is -0.658. The van der Waals surface area contributed by atoms with Gasteiger partial charge in [-0.2, -0.15) is 8.42 Å². The van der Waals surface area contributed by atoms with Gasteiger partial charge in [-0.25, -0.2) is 4.39 Å². The Morgan fingerprint density at radius 1 is 1.16 bits per heavy atom. The van der Waals surface area contributed by atoms with Crippen LogP contribution < -0.4 is 4.18 Å². The average Bonchev–Trinajstić information content (AvgIpc) is 2.32. The van der Waals surface area contributed by atoms with E-state index in [4.69, 9.17) is 15.8 Å². The summed E-state index contributed by atoms with van der Waals surface area (Å²) in [5, 5.41) is 0.323. The van der Waals surface area contributed by atoms with Gasteiger partial charge in [0.2, 0.25) is 0 Å². The molecule has 3 nitrogen and oxygen atoms in total. The highest BCUT2D eigenvalue weighted by atomic mass is 35.5. The quantitative estimate of drug-likeness (QED) is 0.814. The SMILES string of the molecule is Cc1c(Cl)cccc1S(=O)(=O)Oc1cccc(F)c1. The number of hydrogen-bond donors (Lipinski definition) is 0. The molecule has 0 N–H and O–H groups in total. The van der Waals surface area contributed by atoms with E-state index in [1.54, 1.807) is 13.0 Å². The molecule has 2 aromatic carbocycles. The minimum absolute atomic E-state index is 0.0377. The van der Waals surface area contributed by atoms with Crippen LogP contribution in [0, 0.1) is 12.7 Å². The van der Waals surface area contributed by atoms with Crippen LogP contribution in [-0.2, 0) is 10.1 Å². The molecule has 19 heavy (non-hydrogen) atoms. The molecule has 0 atom stereocenters. The summed E-state index contributed by atoms with van der Waals surface area (Å²) in [6.07, 6.45) is 0. The predicted molar refractivity (Wildman–Crippen MR) is 70.4 cm³/mol. The molecule has 6 heteroatoms. The van der Waals surface area contributed by atoms with E-state index >= 15 is 0 Å². The second-order valence-corrected chi connectivity index (χ2v) is 5.78. The number of rotatable bonds is 3. The summed E-state index contributed by atoms with van der Waals surface area (Å²) < 4.78 is 42.0. The molecule has 0 spiro atoms. The van der Waals surface area contributed by atoms with E-state index in [1.807, 2.05) is 0 Å². The van der Waals surface area contributed by atoms with Crippen molar-refractivity contribution < 1.29 is 17.0 Å². The van der Waals surface area contributed by atoms with Gasteiger partial charge in [0.05, 0.1) is 0 Å². The van der Waals surface area contributed by atoms with Crippen molar-refractivity contribution in [2.45, 2.75) is 11.8 Å². The molecule has 0 amide bonds. The maximum atomic E-state index is 13.0. The molecule has 0 radical (unpaired) electrons. The summed E-state index contributed by atoms with van der Waals surface area (Å²) in [5.41, 5.74) is 0.389. The maximum Gasteiger partial charge on any atom is 0.339 e. The highest BCUT2D eigenvalue weighted by molar-refractivity contribution is 7.87. The zero-order valence-electron chi connectivity index (χ0n) is 9.93. The topological polar surface area (TPSA) is 43.4 Å². The summed E-state index contributed by atoms with van der Waals surface area (Å²) >= 11 is 5.87. The third-order valence-corrected chi connectivity index (χ3v) is 4.29. The smallest absolute Gasteiger partial charge is 0.339 e. The van der Waals surface area contributed by atoms with E-state index < -0.39 is 15.9 Å². The van der Waals surface area contributed by atoms with E-state index in [0.29, 0.717) is 10.6 Å². The lowest BCUT2D eigenvalue weighted by atomic mass is 10.2. The maximum absolute atomic E-state index is 13.0. The molecule has 0 aliphatic carbocycles. The van der Waals surface area contributed by atoms with Gasteiger partial charge in [-0.05, 0) is 36.8 Å². The Morgan fingerprint density at radius 3 is 2.53 bits per heavy atom. The van der Waals surface area contributed by atoms with E-state index in [-0.39, 0.29) is 10.6 Å². The van der Waals surface area contributed by atoms with Crippen LogP contribution in [-0.4, -0.2) is 8.42 Å². The van der Waals surface area contributed by atoms with Crippen molar-refractivity contribution in [1.29, 1.82) is 0 Å². The third kappa shape index (κ3) is 3.05. The van der Waals surface area contributed by atoms with Crippen LogP contribution in [0.15, 0.2) is 47.4 Å². The Bertz CT molecular complexity index is 714. The van der Waals surface area contributed by atoms with Crippen LogP contribution in [0.4, 0.5) is 4.39 Å². The summed E-state index contributed by atoms with van der Waals surface area (Å²) in [7, 11) is -4.03. The van der Waals surface area contributed by atoms with Crippen LogP contribution >= 0.6 is 11.6 Å².